The average Bonchev–Trinajstić information content (AvgIpc) is 2.85. The molecule has 0 spiro atoms. The van der Waals surface area contributed by atoms with Crippen LogP contribution in [0, 0.1) is 0 Å². The van der Waals surface area contributed by atoms with E-state index in [9.17, 15) is 9.59 Å². The first-order valence-corrected chi connectivity index (χ1v) is 7.12. The number of hydrogen-bond acceptors (Lipinski definition) is 4. The van der Waals surface area contributed by atoms with Crippen molar-refractivity contribution in [1.29, 1.82) is 0 Å². The molecule has 0 fully saturated rings. The van der Waals surface area contributed by atoms with Crippen LogP contribution in [-0.4, -0.2) is 23.9 Å². The molecule has 0 N–H and O–H groups in total. The van der Waals surface area contributed by atoms with Gasteiger partial charge in [0.1, 0.15) is 0 Å². The summed E-state index contributed by atoms with van der Waals surface area (Å²) in [5.41, 5.74) is 1.85. The van der Waals surface area contributed by atoms with Crippen LogP contribution in [0.5, 0.6) is 5.88 Å². The molecular weight excluding hydrogens is 292 g/mol. The fourth-order valence-electron chi connectivity index (χ4n) is 2.82. The molecule has 5 nitrogen and oxygen atoms in total. The van der Waals surface area contributed by atoms with Gasteiger partial charge in [0.2, 0.25) is 5.88 Å². The number of anilines is 1. The third-order valence-electron chi connectivity index (χ3n) is 3.92. The maximum atomic E-state index is 12.7. The number of carbonyl (C=O) groups excluding carboxylic acids is 2. The molecular formula is C18H12N2O3. The largest absolute Gasteiger partial charge is 0.481 e. The van der Waals surface area contributed by atoms with Crippen molar-refractivity contribution < 1.29 is 14.3 Å². The predicted octanol–water partition coefficient (Wildman–Crippen LogP) is 3.04. The number of rotatable bonds is 2. The number of aromatic nitrogens is 1. The van der Waals surface area contributed by atoms with Gasteiger partial charge in [-0.1, -0.05) is 24.3 Å². The van der Waals surface area contributed by atoms with Crippen LogP contribution < -0.4 is 9.64 Å². The molecule has 1 aromatic heterocycles. The van der Waals surface area contributed by atoms with Crippen molar-refractivity contribution in [3.05, 3.63) is 65.7 Å². The minimum atomic E-state index is -0.331. The molecule has 2 amide bonds. The molecule has 23 heavy (non-hydrogen) atoms. The highest BCUT2D eigenvalue weighted by atomic mass is 16.5. The molecule has 0 aliphatic carbocycles. The van der Waals surface area contributed by atoms with E-state index in [-0.39, 0.29) is 11.8 Å². The maximum Gasteiger partial charge on any atom is 0.266 e. The highest BCUT2D eigenvalue weighted by molar-refractivity contribution is 6.35. The second-order valence-electron chi connectivity index (χ2n) is 5.19. The third-order valence-corrected chi connectivity index (χ3v) is 3.92. The molecule has 5 heteroatoms. The van der Waals surface area contributed by atoms with Gasteiger partial charge in [0.15, 0.2) is 0 Å². The number of hydrogen-bond donors (Lipinski definition) is 0. The van der Waals surface area contributed by atoms with Crippen LogP contribution in [0.1, 0.15) is 20.7 Å². The molecule has 3 aromatic rings. The number of nitrogens with zero attached hydrogens (tertiary/aromatic N) is 2. The minimum absolute atomic E-state index is 0.331. The predicted molar refractivity (Wildman–Crippen MR) is 85.9 cm³/mol. The van der Waals surface area contributed by atoms with E-state index in [2.05, 4.69) is 4.98 Å². The van der Waals surface area contributed by atoms with E-state index in [4.69, 9.17) is 4.74 Å². The quantitative estimate of drug-likeness (QED) is 0.683. The summed E-state index contributed by atoms with van der Waals surface area (Å²) in [5, 5.41) is 0.833. The number of carbonyl (C=O) groups is 2. The van der Waals surface area contributed by atoms with Gasteiger partial charge < -0.3 is 4.74 Å². The van der Waals surface area contributed by atoms with E-state index in [1.165, 1.54) is 12.0 Å². The van der Waals surface area contributed by atoms with Crippen molar-refractivity contribution in [3.63, 3.8) is 0 Å². The second-order valence-corrected chi connectivity index (χ2v) is 5.19. The Bertz CT molecular complexity index is 930. The first kappa shape index (κ1) is 13.5. The summed E-state index contributed by atoms with van der Waals surface area (Å²) in [6.07, 6.45) is 0. The molecule has 112 valence electrons. The van der Waals surface area contributed by atoms with E-state index >= 15 is 0 Å². The van der Waals surface area contributed by atoms with Crippen molar-refractivity contribution >= 4 is 28.4 Å². The van der Waals surface area contributed by atoms with Gasteiger partial charge in [-0.05, 0) is 24.3 Å². The van der Waals surface area contributed by atoms with Crippen molar-refractivity contribution in [1.82, 2.24) is 4.98 Å². The number of benzene rings is 2. The van der Waals surface area contributed by atoms with Crippen LogP contribution in [0.2, 0.25) is 0 Å². The molecule has 0 saturated heterocycles. The Balaban J connectivity index is 1.94. The van der Waals surface area contributed by atoms with Crippen LogP contribution in [0.25, 0.3) is 10.9 Å². The van der Waals surface area contributed by atoms with Crippen LogP contribution in [0.15, 0.2) is 54.6 Å². The molecule has 0 atom stereocenters. The standard InChI is InChI=1S/C18H12N2O3/c1-23-15-10-9-11-5-4-8-14(16(11)19-15)20-17(21)12-6-2-3-7-13(12)18(20)22/h2-10H,1H3. The molecule has 2 aromatic carbocycles. The van der Waals surface area contributed by atoms with Gasteiger partial charge in [0.25, 0.3) is 11.8 Å². The molecule has 4 rings (SSSR count). The van der Waals surface area contributed by atoms with Gasteiger partial charge >= 0.3 is 0 Å². The zero-order valence-corrected chi connectivity index (χ0v) is 12.3. The number of methoxy groups -OCH3 is 1. The average molecular weight is 304 g/mol. The Kier molecular flexibility index (Phi) is 2.87. The van der Waals surface area contributed by atoms with Gasteiger partial charge in [-0.2, -0.15) is 0 Å². The van der Waals surface area contributed by atoms with E-state index < -0.39 is 0 Å². The zero-order valence-electron chi connectivity index (χ0n) is 12.3. The van der Waals surface area contributed by atoms with Gasteiger partial charge in [0, 0.05) is 11.5 Å². The first-order chi connectivity index (χ1) is 11.2. The van der Waals surface area contributed by atoms with Crippen molar-refractivity contribution in [3.8, 4) is 5.88 Å². The smallest absolute Gasteiger partial charge is 0.266 e. The topological polar surface area (TPSA) is 59.5 Å². The van der Waals surface area contributed by atoms with E-state index in [0.29, 0.717) is 28.2 Å². The van der Waals surface area contributed by atoms with Crippen molar-refractivity contribution in [2.75, 3.05) is 12.0 Å². The lowest BCUT2D eigenvalue weighted by Gasteiger charge is -2.16. The zero-order chi connectivity index (χ0) is 16.0. The summed E-state index contributed by atoms with van der Waals surface area (Å²) in [6, 6.07) is 15.8. The Labute approximate surface area is 132 Å². The molecule has 0 unspecified atom stereocenters. The number of pyridine rings is 1. The van der Waals surface area contributed by atoms with Crippen LogP contribution in [-0.2, 0) is 0 Å². The highest BCUT2D eigenvalue weighted by Gasteiger charge is 2.37. The summed E-state index contributed by atoms with van der Waals surface area (Å²) in [5.74, 6) is -0.230. The molecule has 0 saturated carbocycles. The Hall–Kier alpha value is -3.21. The lowest BCUT2D eigenvalue weighted by Crippen LogP contribution is -2.29. The minimum Gasteiger partial charge on any atom is -0.481 e. The lowest BCUT2D eigenvalue weighted by molar-refractivity contribution is 0.0926. The maximum absolute atomic E-state index is 12.7. The Morgan fingerprint density at radius 3 is 2.22 bits per heavy atom. The highest BCUT2D eigenvalue weighted by Crippen LogP contribution is 2.33. The molecule has 2 heterocycles. The number of imide groups is 1. The summed E-state index contributed by atoms with van der Waals surface area (Å²) < 4.78 is 5.16. The lowest BCUT2D eigenvalue weighted by atomic mass is 10.1. The fourth-order valence-corrected chi connectivity index (χ4v) is 2.82. The SMILES string of the molecule is COc1ccc2cccc(N3C(=O)c4ccccc4C3=O)c2n1. The number of para-hydroxylation sites is 1. The summed E-state index contributed by atoms with van der Waals surface area (Å²) >= 11 is 0. The molecule has 1 aliphatic rings. The first-order valence-electron chi connectivity index (χ1n) is 7.12. The van der Waals surface area contributed by atoms with E-state index in [1.807, 2.05) is 12.1 Å². The molecule has 0 radical (unpaired) electrons. The Morgan fingerprint density at radius 2 is 1.57 bits per heavy atom. The van der Waals surface area contributed by atoms with Gasteiger partial charge in [0.05, 0.1) is 29.4 Å². The fraction of sp³-hybridized carbons (Fsp3) is 0.0556. The van der Waals surface area contributed by atoms with Crippen molar-refractivity contribution in [2.45, 2.75) is 0 Å². The summed E-state index contributed by atoms with van der Waals surface area (Å²) in [4.78, 5) is 30.9. The monoisotopic (exact) mass is 304 g/mol. The number of ether oxygens (including phenoxy) is 1. The van der Waals surface area contributed by atoms with Gasteiger partial charge in [-0.3, -0.25) is 9.59 Å². The number of amides is 2. The normalized spacial score (nSPS) is 13.5. The Morgan fingerprint density at radius 1 is 0.870 bits per heavy atom. The van der Waals surface area contributed by atoms with Crippen LogP contribution in [0.4, 0.5) is 5.69 Å². The number of fused-ring (bicyclic) bond motifs is 2. The molecule has 1 aliphatic heterocycles. The van der Waals surface area contributed by atoms with E-state index in [1.54, 1.807) is 42.5 Å². The molecule has 0 bridgehead atoms. The van der Waals surface area contributed by atoms with Crippen LogP contribution in [0.3, 0.4) is 0 Å². The van der Waals surface area contributed by atoms with Gasteiger partial charge in [-0.15, -0.1) is 0 Å². The summed E-state index contributed by atoms with van der Waals surface area (Å²) in [7, 11) is 1.53. The van der Waals surface area contributed by atoms with Crippen LogP contribution >= 0.6 is 0 Å². The third kappa shape index (κ3) is 1.90. The second kappa shape index (κ2) is 4.91. The van der Waals surface area contributed by atoms with E-state index in [0.717, 1.165) is 5.39 Å². The van der Waals surface area contributed by atoms with Crippen molar-refractivity contribution in [2.24, 2.45) is 0 Å². The van der Waals surface area contributed by atoms with Gasteiger partial charge in [-0.25, -0.2) is 9.88 Å². The summed E-state index contributed by atoms with van der Waals surface area (Å²) in [6.45, 7) is 0.